The summed E-state index contributed by atoms with van der Waals surface area (Å²) < 4.78 is 5.84. The van der Waals surface area contributed by atoms with Crippen LogP contribution in [-0.2, 0) is 9.53 Å². The molecule has 1 aliphatic carbocycles. The molecule has 22 heavy (non-hydrogen) atoms. The lowest BCUT2D eigenvalue weighted by molar-refractivity contribution is -0.144. The van der Waals surface area contributed by atoms with Crippen LogP contribution in [0.1, 0.15) is 30.9 Å². The molecule has 5 heteroatoms. The van der Waals surface area contributed by atoms with Gasteiger partial charge in [-0.3, -0.25) is 4.79 Å². The second kappa shape index (κ2) is 7.95. The van der Waals surface area contributed by atoms with Crippen LogP contribution >= 0.6 is 12.4 Å². The summed E-state index contributed by atoms with van der Waals surface area (Å²) in [6, 6.07) is 10.2. The van der Waals surface area contributed by atoms with E-state index in [0.717, 1.165) is 24.8 Å². The summed E-state index contributed by atoms with van der Waals surface area (Å²) in [6.07, 6.45) is 3.22. The van der Waals surface area contributed by atoms with Crippen LogP contribution in [0.25, 0.3) is 0 Å². The molecule has 1 saturated carbocycles. The average Bonchev–Trinajstić information content (AvgIpc) is 3.04. The molecule has 0 aromatic heterocycles. The minimum Gasteiger partial charge on any atom is -0.370 e. The van der Waals surface area contributed by atoms with Crippen LogP contribution in [0.15, 0.2) is 30.3 Å². The molecule has 0 spiro atoms. The second-order valence-corrected chi connectivity index (χ2v) is 6.09. The van der Waals surface area contributed by atoms with Gasteiger partial charge in [-0.25, -0.2) is 0 Å². The minimum atomic E-state index is 0. The van der Waals surface area contributed by atoms with Crippen molar-refractivity contribution < 1.29 is 9.53 Å². The van der Waals surface area contributed by atoms with Crippen LogP contribution in [0.3, 0.4) is 0 Å². The third kappa shape index (κ3) is 3.62. The summed E-state index contributed by atoms with van der Waals surface area (Å²) in [5.41, 5.74) is 6.96. The number of carbonyl (C=O) groups is 1. The van der Waals surface area contributed by atoms with Crippen molar-refractivity contribution in [3.05, 3.63) is 35.9 Å². The van der Waals surface area contributed by atoms with E-state index >= 15 is 0 Å². The number of morpholine rings is 1. The van der Waals surface area contributed by atoms with E-state index in [1.807, 2.05) is 23.1 Å². The Hall–Kier alpha value is -1.10. The molecule has 1 aromatic rings. The highest BCUT2D eigenvalue weighted by Gasteiger charge is 2.36. The van der Waals surface area contributed by atoms with E-state index in [9.17, 15) is 4.79 Å². The molecule has 2 aliphatic rings. The van der Waals surface area contributed by atoms with Gasteiger partial charge in [-0.2, -0.15) is 0 Å². The van der Waals surface area contributed by atoms with Crippen LogP contribution in [0.2, 0.25) is 0 Å². The number of halogens is 1. The van der Waals surface area contributed by atoms with E-state index in [2.05, 4.69) is 12.1 Å². The van der Waals surface area contributed by atoms with Gasteiger partial charge < -0.3 is 15.4 Å². The lowest BCUT2D eigenvalue weighted by Gasteiger charge is -2.35. The van der Waals surface area contributed by atoms with E-state index in [1.54, 1.807) is 0 Å². The molecule has 122 valence electrons. The quantitative estimate of drug-likeness (QED) is 0.928. The smallest absolute Gasteiger partial charge is 0.226 e. The third-order valence-corrected chi connectivity index (χ3v) is 4.83. The first-order chi connectivity index (χ1) is 10.3. The van der Waals surface area contributed by atoms with Gasteiger partial charge in [0.1, 0.15) is 6.10 Å². The van der Waals surface area contributed by atoms with Gasteiger partial charge in [0.25, 0.3) is 0 Å². The van der Waals surface area contributed by atoms with Crippen molar-refractivity contribution in [2.24, 2.45) is 17.6 Å². The standard InChI is InChI=1S/C17H24N2O2.ClH/c18-11-14-7-4-8-15(14)17(20)19-9-10-21-16(12-19)13-5-2-1-3-6-13;/h1-3,5-6,14-16H,4,7-12,18H2;1H/t14-,15-,16?;/m1./s1. The molecule has 1 saturated heterocycles. The second-order valence-electron chi connectivity index (χ2n) is 6.09. The Morgan fingerprint density at radius 1 is 1.27 bits per heavy atom. The number of hydrogen-bond donors (Lipinski definition) is 1. The van der Waals surface area contributed by atoms with Crippen molar-refractivity contribution in [3.63, 3.8) is 0 Å². The van der Waals surface area contributed by atoms with Gasteiger partial charge in [0.05, 0.1) is 13.2 Å². The van der Waals surface area contributed by atoms with Gasteiger partial charge in [0, 0.05) is 12.5 Å². The minimum absolute atomic E-state index is 0. The number of carbonyl (C=O) groups excluding carboxylic acids is 1. The van der Waals surface area contributed by atoms with Crippen molar-refractivity contribution in [1.82, 2.24) is 4.90 Å². The largest absolute Gasteiger partial charge is 0.370 e. The predicted octanol–water partition coefficient (Wildman–Crippen LogP) is 2.38. The normalized spacial score (nSPS) is 28.2. The molecule has 1 aromatic carbocycles. The number of hydrogen-bond acceptors (Lipinski definition) is 3. The molecule has 1 amide bonds. The topological polar surface area (TPSA) is 55.6 Å². The fourth-order valence-corrected chi connectivity index (χ4v) is 3.60. The first-order valence-corrected chi connectivity index (χ1v) is 7.95. The van der Waals surface area contributed by atoms with Gasteiger partial charge in [-0.1, -0.05) is 36.8 Å². The Balaban J connectivity index is 0.00000176. The maximum Gasteiger partial charge on any atom is 0.226 e. The first-order valence-electron chi connectivity index (χ1n) is 7.95. The monoisotopic (exact) mass is 324 g/mol. The number of benzene rings is 1. The summed E-state index contributed by atoms with van der Waals surface area (Å²) in [6.45, 7) is 2.61. The fourth-order valence-electron chi connectivity index (χ4n) is 3.60. The zero-order chi connectivity index (χ0) is 14.7. The number of nitrogens with two attached hydrogens (primary N) is 1. The van der Waals surface area contributed by atoms with E-state index in [0.29, 0.717) is 32.2 Å². The predicted molar refractivity (Wildman–Crippen MR) is 88.8 cm³/mol. The molecule has 1 heterocycles. The molecule has 1 aliphatic heterocycles. The highest BCUT2D eigenvalue weighted by Crippen LogP contribution is 2.33. The molecule has 2 fully saturated rings. The van der Waals surface area contributed by atoms with Crippen LogP contribution in [0.5, 0.6) is 0 Å². The lowest BCUT2D eigenvalue weighted by atomic mass is 9.94. The van der Waals surface area contributed by atoms with Crippen molar-refractivity contribution in [3.8, 4) is 0 Å². The third-order valence-electron chi connectivity index (χ3n) is 4.83. The van der Waals surface area contributed by atoms with E-state index < -0.39 is 0 Å². The number of amides is 1. The Kier molecular flexibility index (Phi) is 6.24. The molecule has 4 nitrogen and oxygen atoms in total. The van der Waals surface area contributed by atoms with Crippen molar-refractivity contribution in [1.29, 1.82) is 0 Å². The lowest BCUT2D eigenvalue weighted by Crippen LogP contribution is -2.46. The summed E-state index contributed by atoms with van der Waals surface area (Å²) in [5, 5.41) is 0. The van der Waals surface area contributed by atoms with Gasteiger partial charge in [-0.05, 0) is 30.9 Å². The SMILES string of the molecule is Cl.NC[C@H]1CCC[C@H]1C(=O)N1CCOC(c2ccccc2)C1. The van der Waals surface area contributed by atoms with Crippen molar-refractivity contribution in [2.45, 2.75) is 25.4 Å². The molecule has 0 radical (unpaired) electrons. The first kappa shape index (κ1) is 17.3. The van der Waals surface area contributed by atoms with E-state index in [4.69, 9.17) is 10.5 Å². The molecular formula is C17H25ClN2O2. The van der Waals surface area contributed by atoms with Crippen LogP contribution in [0, 0.1) is 11.8 Å². The van der Waals surface area contributed by atoms with E-state index in [-0.39, 0.29) is 30.3 Å². The number of rotatable bonds is 3. The Morgan fingerprint density at radius 3 is 2.77 bits per heavy atom. The highest BCUT2D eigenvalue weighted by atomic mass is 35.5. The number of nitrogens with zero attached hydrogens (tertiary/aromatic N) is 1. The van der Waals surface area contributed by atoms with Crippen LogP contribution in [-0.4, -0.2) is 37.0 Å². The molecule has 3 atom stereocenters. The zero-order valence-electron chi connectivity index (χ0n) is 12.8. The van der Waals surface area contributed by atoms with Gasteiger partial charge in [0.15, 0.2) is 0 Å². The molecule has 1 unspecified atom stereocenters. The highest BCUT2D eigenvalue weighted by molar-refractivity contribution is 5.85. The van der Waals surface area contributed by atoms with Crippen LogP contribution in [0.4, 0.5) is 0 Å². The fraction of sp³-hybridized carbons (Fsp3) is 0.588. The molecule has 0 bridgehead atoms. The Bertz CT molecular complexity index is 483. The maximum absolute atomic E-state index is 12.8. The molecule has 2 N–H and O–H groups in total. The Morgan fingerprint density at radius 2 is 2.05 bits per heavy atom. The molecular weight excluding hydrogens is 300 g/mol. The summed E-state index contributed by atoms with van der Waals surface area (Å²) in [7, 11) is 0. The van der Waals surface area contributed by atoms with Gasteiger partial charge >= 0.3 is 0 Å². The van der Waals surface area contributed by atoms with Gasteiger partial charge in [-0.15, -0.1) is 12.4 Å². The number of ether oxygens (including phenoxy) is 1. The van der Waals surface area contributed by atoms with Crippen molar-refractivity contribution in [2.75, 3.05) is 26.2 Å². The average molecular weight is 325 g/mol. The zero-order valence-corrected chi connectivity index (χ0v) is 13.6. The van der Waals surface area contributed by atoms with Gasteiger partial charge in [0.2, 0.25) is 5.91 Å². The van der Waals surface area contributed by atoms with E-state index in [1.165, 1.54) is 0 Å². The summed E-state index contributed by atoms with van der Waals surface area (Å²) in [4.78, 5) is 14.7. The summed E-state index contributed by atoms with van der Waals surface area (Å²) >= 11 is 0. The van der Waals surface area contributed by atoms with Crippen LogP contribution < -0.4 is 5.73 Å². The Labute approximate surface area is 138 Å². The molecule has 3 rings (SSSR count). The summed E-state index contributed by atoms with van der Waals surface area (Å²) in [5.74, 6) is 0.784. The van der Waals surface area contributed by atoms with Crippen molar-refractivity contribution >= 4 is 18.3 Å². The maximum atomic E-state index is 12.8.